The first-order valence-corrected chi connectivity index (χ1v) is 5.95. The van der Waals surface area contributed by atoms with Crippen molar-refractivity contribution in [2.24, 2.45) is 11.3 Å². The lowest BCUT2D eigenvalue weighted by atomic mass is 9.83. The van der Waals surface area contributed by atoms with E-state index in [2.05, 4.69) is 11.7 Å². The highest BCUT2D eigenvalue weighted by molar-refractivity contribution is 5.87. The number of carbonyl (C=O) groups excluding carboxylic acids is 2. The summed E-state index contributed by atoms with van der Waals surface area (Å²) in [6.45, 7) is 3.30. The number of rotatable bonds is 6. The lowest BCUT2D eigenvalue weighted by Gasteiger charge is -2.23. The average molecular weight is 228 g/mol. The maximum absolute atomic E-state index is 11.8. The topological polar surface area (TPSA) is 63.6 Å². The number of hydrogen-bond donors (Lipinski definition) is 1. The first-order chi connectivity index (χ1) is 7.59. The Balaban J connectivity index is 2.60. The maximum Gasteiger partial charge on any atom is 0.339 e. The first-order valence-electron chi connectivity index (χ1n) is 5.95. The summed E-state index contributed by atoms with van der Waals surface area (Å²) in [5, 5.41) is 8.53. The predicted molar refractivity (Wildman–Crippen MR) is 58.5 cm³/mol. The minimum absolute atomic E-state index is 0.0658. The molecule has 4 heteroatoms. The standard InChI is InChI=1S/C12H20O4/c1-3-5-12(6-7-12)9(4-2)11(15)16-10(14)8-13/h9,13H,3-8H2,1-2H3. The van der Waals surface area contributed by atoms with E-state index in [0.717, 1.165) is 25.7 Å². The zero-order valence-corrected chi connectivity index (χ0v) is 9.99. The Morgan fingerprint density at radius 3 is 2.38 bits per heavy atom. The van der Waals surface area contributed by atoms with E-state index in [-0.39, 0.29) is 11.3 Å². The molecule has 1 saturated carbocycles. The molecule has 1 atom stereocenters. The van der Waals surface area contributed by atoms with Crippen molar-refractivity contribution in [3.8, 4) is 0 Å². The van der Waals surface area contributed by atoms with E-state index < -0.39 is 18.5 Å². The van der Waals surface area contributed by atoms with E-state index in [1.165, 1.54) is 0 Å². The van der Waals surface area contributed by atoms with Gasteiger partial charge in [0.05, 0.1) is 5.92 Å². The Morgan fingerprint density at radius 2 is 2.00 bits per heavy atom. The summed E-state index contributed by atoms with van der Waals surface area (Å²) in [5.74, 6) is -1.51. The molecule has 0 aromatic heterocycles. The third-order valence-electron chi connectivity index (χ3n) is 3.42. The zero-order valence-electron chi connectivity index (χ0n) is 9.99. The smallest absolute Gasteiger partial charge is 0.339 e. The van der Waals surface area contributed by atoms with Crippen LogP contribution in [0.15, 0.2) is 0 Å². The Labute approximate surface area is 96.0 Å². The summed E-state index contributed by atoms with van der Waals surface area (Å²) in [6, 6.07) is 0. The Kier molecular flexibility index (Phi) is 4.47. The summed E-state index contributed by atoms with van der Waals surface area (Å²) in [4.78, 5) is 22.6. The third-order valence-corrected chi connectivity index (χ3v) is 3.42. The molecule has 1 N–H and O–H groups in total. The van der Waals surface area contributed by atoms with Crippen molar-refractivity contribution in [1.82, 2.24) is 0 Å². The maximum atomic E-state index is 11.8. The van der Waals surface area contributed by atoms with Crippen LogP contribution in [0.2, 0.25) is 0 Å². The van der Waals surface area contributed by atoms with Crippen LogP contribution in [0.25, 0.3) is 0 Å². The van der Waals surface area contributed by atoms with Gasteiger partial charge in [0.25, 0.3) is 0 Å². The van der Waals surface area contributed by atoms with Crippen LogP contribution in [0, 0.1) is 11.3 Å². The van der Waals surface area contributed by atoms with Gasteiger partial charge in [-0.3, -0.25) is 4.79 Å². The van der Waals surface area contributed by atoms with Crippen LogP contribution < -0.4 is 0 Å². The Hall–Kier alpha value is -0.900. The van der Waals surface area contributed by atoms with Gasteiger partial charge in [0.1, 0.15) is 6.61 Å². The van der Waals surface area contributed by atoms with Crippen LogP contribution in [0.3, 0.4) is 0 Å². The molecule has 1 aliphatic rings. The normalized spacial score (nSPS) is 18.9. The highest BCUT2D eigenvalue weighted by Gasteiger charge is 2.51. The molecule has 1 unspecified atom stereocenters. The van der Waals surface area contributed by atoms with Crippen LogP contribution in [0.1, 0.15) is 46.0 Å². The van der Waals surface area contributed by atoms with E-state index >= 15 is 0 Å². The third kappa shape index (κ3) is 2.82. The van der Waals surface area contributed by atoms with E-state index in [1.807, 2.05) is 6.92 Å². The fourth-order valence-corrected chi connectivity index (χ4v) is 2.50. The molecule has 0 aromatic rings. The van der Waals surface area contributed by atoms with Crippen LogP contribution in [0.4, 0.5) is 0 Å². The van der Waals surface area contributed by atoms with Gasteiger partial charge in [-0.15, -0.1) is 0 Å². The monoisotopic (exact) mass is 228 g/mol. The molecule has 92 valence electrons. The fraction of sp³-hybridized carbons (Fsp3) is 0.833. The average Bonchev–Trinajstić information content (AvgIpc) is 3.00. The van der Waals surface area contributed by atoms with Crippen molar-refractivity contribution in [1.29, 1.82) is 0 Å². The quantitative estimate of drug-likeness (QED) is 0.554. The van der Waals surface area contributed by atoms with Crippen LogP contribution in [-0.2, 0) is 14.3 Å². The molecule has 0 bridgehead atoms. The van der Waals surface area contributed by atoms with Crippen molar-refractivity contribution in [2.45, 2.75) is 46.0 Å². The molecule has 16 heavy (non-hydrogen) atoms. The van der Waals surface area contributed by atoms with Gasteiger partial charge >= 0.3 is 11.9 Å². The lowest BCUT2D eigenvalue weighted by molar-refractivity contribution is -0.166. The van der Waals surface area contributed by atoms with E-state index in [0.29, 0.717) is 6.42 Å². The molecule has 1 aliphatic carbocycles. The molecule has 0 amide bonds. The van der Waals surface area contributed by atoms with Gasteiger partial charge in [-0.1, -0.05) is 20.3 Å². The molecule has 1 rings (SSSR count). The molecule has 0 heterocycles. The fourth-order valence-electron chi connectivity index (χ4n) is 2.50. The first kappa shape index (κ1) is 13.2. The second-order valence-electron chi connectivity index (χ2n) is 4.52. The van der Waals surface area contributed by atoms with Crippen molar-refractivity contribution in [3.05, 3.63) is 0 Å². The van der Waals surface area contributed by atoms with Crippen LogP contribution in [0.5, 0.6) is 0 Å². The van der Waals surface area contributed by atoms with Gasteiger partial charge in [-0.25, -0.2) is 4.79 Å². The number of aliphatic hydroxyl groups excluding tert-OH is 1. The number of aliphatic hydroxyl groups is 1. The molecular weight excluding hydrogens is 208 g/mol. The molecule has 0 radical (unpaired) electrons. The summed E-state index contributed by atoms with van der Waals surface area (Å²) in [6.07, 6.45) is 4.83. The minimum Gasteiger partial charge on any atom is -0.391 e. The number of ether oxygens (including phenoxy) is 1. The summed E-state index contributed by atoms with van der Waals surface area (Å²) in [7, 11) is 0. The second-order valence-corrected chi connectivity index (χ2v) is 4.52. The molecule has 1 fully saturated rings. The second kappa shape index (κ2) is 5.43. The highest BCUT2D eigenvalue weighted by atomic mass is 16.6. The van der Waals surface area contributed by atoms with Crippen LogP contribution in [-0.4, -0.2) is 23.7 Å². The SMILES string of the molecule is CCCC1(C(CC)C(=O)OC(=O)CO)CC1. The van der Waals surface area contributed by atoms with Gasteiger partial charge in [-0.05, 0) is 31.1 Å². The molecule has 0 aromatic carbocycles. The molecule has 4 nitrogen and oxygen atoms in total. The van der Waals surface area contributed by atoms with Crippen molar-refractivity contribution >= 4 is 11.9 Å². The molecule has 0 aliphatic heterocycles. The minimum atomic E-state index is -0.851. The Morgan fingerprint density at radius 1 is 1.38 bits per heavy atom. The van der Waals surface area contributed by atoms with E-state index in [1.54, 1.807) is 0 Å². The van der Waals surface area contributed by atoms with Crippen molar-refractivity contribution in [2.75, 3.05) is 6.61 Å². The van der Waals surface area contributed by atoms with Gasteiger partial charge in [0.2, 0.25) is 0 Å². The molecular formula is C12H20O4. The van der Waals surface area contributed by atoms with Gasteiger partial charge in [0, 0.05) is 0 Å². The summed E-state index contributed by atoms with van der Waals surface area (Å²) in [5.41, 5.74) is 0.0658. The van der Waals surface area contributed by atoms with Gasteiger partial charge in [0.15, 0.2) is 0 Å². The van der Waals surface area contributed by atoms with E-state index in [4.69, 9.17) is 5.11 Å². The van der Waals surface area contributed by atoms with Crippen molar-refractivity contribution < 1.29 is 19.4 Å². The predicted octanol–water partition coefficient (Wildman–Crippen LogP) is 1.66. The Bertz CT molecular complexity index is 268. The van der Waals surface area contributed by atoms with E-state index in [9.17, 15) is 9.59 Å². The van der Waals surface area contributed by atoms with Crippen LogP contribution >= 0.6 is 0 Å². The number of esters is 2. The zero-order chi connectivity index (χ0) is 12.2. The van der Waals surface area contributed by atoms with Crippen molar-refractivity contribution in [3.63, 3.8) is 0 Å². The number of hydrogen-bond acceptors (Lipinski definition) is 4. The molecule has 0 saturated heterocycles. The summed E-state index contributed by atoms with van der Waals surface area (Å²) < 4.78 is 4.60. The largest absolute Gasteiger partial charge is 0.391 e. The number of carbonyl (C=O) groups is 2. The highest BCUT2D eigenvalue weighted by Crippen LogP contribution is 2.56. The van der Waals surface area contributed by atoms with Gasteiger partial charge in [-0.2, -0.15) is 0 Å². The van der Waals surface area contributed by atoms with Gasteiger partial charge < -0.3 is 9.84 Å². The molecule has 0 spiro atoms. The summed E-state index contributed by atoms with van der Waals surface area (Å²) >= 11 is 0. The lowest BCUT2D eigenvalue weighted by Crippen LogP contribution is -2.29.